The molecule has 1 N–H and O–H groups in total. The number of ether oxygens (including phenoxy) is 2. The first kappa shape index (κ1) is 20.8. The largest absolute Gasteiger partial charge is 0.462 e. The molecule has 2 aromatic heterocycles. The van der Waals surface area contributed by atoms with Crippen LogP contribution in [0, 0.1) is 6.92 Å². The van der Waals surface area contributed by atoms with Crippen molar-refractivity contribution in [3.8, 4) is 0 Å². The summed E-state index contributed by atoms with van der Waals surface area (Å²) in [6.07, 6.45) is 1.71. The van der Waals surface area contributed by atoms with Gasteiger partial charge in [-0.15, -0.1) is 11.3 Å². The Morgan fingerprint density at radius 1 is 1.24 bits per heavy atom. The molecule has 156 valence electrons. The first-order valence-corrected chi connectivity index (χ1v) is 10.2. The second-order valence-electron chi connectivity index (χ2n) is 6.55. The average molecular weight is 420 g/mol. The summed E-state index contributed by atoms with van der Waals surface area (Å²) in [6.45, 7) is 6.57. The van der Waals surface area contributed by atoms with Gasteiger partial charge in [0.25, 0.3) is 5.91 Å². The molecule has 1 aliphatic rings. The Balaban J connectivity index is 1.93. The third kappa shape index (κ3) is 4.12. The van der Waals surface area contributed by atoms with Crippen molar-refractivity contribution in [2.75, 3.05) is 25.1 Å². The number of aromatic nitrogens is 2. The van der Waals surface area contributed by atoms with Crippen molar-refractivity contribution in [1.29, 1.82) is 0 Å². The van der Waals surface area contributed by atoms with Crippen LogP contribution in [0.2, 0.25) is 0 Å². The maximum absolute atomic E-state index is 12.8. The first-order chi connectivity index (χ1) is 13.9. The van der Waals surface area contributed by atoms with Crippen molar-refractivity contribution < 1.29 is 23.9 Å². The predicted octanol–water partition coefficient (Wildman–Crippen LogP) is 2.73. The van der Waals surface area contributed by atoms with Gasteiger partial charge in [0.2, 0.25) is 0 Å². The van der Waals surface area contributed by atoms with Crippen LogP contribution in [0.5, 0.6) is 0 Å². The zero-order valence-corrected chi connectivity index (χ0v) is 17.7. The molecule has 2 amide bonds. The number of esters is 1. The number of nitrogens with one attached hydrogen (secondary N) is 1. The molecule has 0 atom stereocenters. The number of anilines is 1. The van der Waals surface area contributed by atoms with Gasteiger partial charge in [-0.05, 0) is 38.3 Å². The van der Waals surface area contributed by atoms with Gasteiger partial charge < -0.3 is 19.7 Å². The SMILES string of the molecule is CCOC(=O)c1c(NC(=O)c2c(C)cnn2C)sc2c1CCN(C(=O)OCC)C2. The number of rotatable bonds is 5. The summed E-state index contributed by atoms with van der Waals surface area (Å²) >= 11 is 1.28. The van der Waals surface area contributed by atoms with E-state index in [1.807, 2.05) is 0 Å². The van der Waals surface area contributed by atoms with E-state index in [4.69, 9.17) is 9.47 Å². The second-order valence-corrected chi connectivity index (χ2v) is 7.66. The van der Waals surface area contributed by atoms with E-state index in [9.17, 15) is 14.4 Å². The maximum atomic E-state index is 12.8. The molecule has 10 heteroatoms. The monoisotopic (exact) mass is 420 g/mol. The Labute approximate surface area is 172 Å². The number of hydrogen-bond donors (Lipinski definition) is 1. The van der Waals surface area contributed by atoms with Gasteiger partial charge in [-0.25, -0.2) is 9.59 Å². The molecule has 2 aromatic rings. The lowest BCUT2D eigenvalue weighted by atomic mass is 10.0. The van der Waals surface area contributed by atoms with Crippen LogP contribution in [0.1, 0.15) is 50.7 Å². The molecule has 0 spiro atoms. The van der Waals surface area contributed by atoms with Gasteiger partial charge in [-0.3, -0.25) is 9.48 Å². The number of carbonyl (C=O) groups is 3. The summed E-state index contributed by atoms with van der Waals surface area (Å²) in [6, 6.07) is 0. The number of nitrogens with zero attached hydrogens (tertiary/aromatic N) is 3. The van der Waals surface area contributed by atoms with Crippen LogP contribution in [0.15, 0.2) is 6.20 Å². The lowest BCUT2D eigenvalue weighted by Gasteiger charge is -2.26. The summed E-state index contributed by atoms with van der Waals surface area (Å²) in [5.41, 5.74) is 2.33. The van der Waals surface area contributed by atoms with Crippen molar-refractivity contribution in [3.05, 3.63) is 33.5 Å². The molecule has 3 rings (SSSR count). The van der Waals surface area contributed by atoms with Crippen molar-refractivity contribution in [1.82, 2.24) is 14.7 Å². The van der Waals surface area contributed by atoms with Crippen LogP contribution in [0.25, 0.3) is 0 Å². The highest BCUT2D eigenvalue weighted by atomic mass is 32.1. The van der Waals surface area contributed by atoms with Crippen LogP contribution < -0.4 is 5.32 Å². The van der Waals surface area contributed by atoms with E-state index >= 15 is 0 Å². The fourth-order valence-electron chi connectivity index (χ4n) is 3.32. The number of carbonyl (C=O) groups excluding carboxylic acids is 3. The Morgan fingerprint density at radius 3 is 2.59 bits per heavy atom. The Kier molecular flexibility index (Phi) is 6.21. The van der Waals surface area contributed by atoms with Crippen molar-refractivity contribution in [2.24, 2.45) is 7.05 Å². The van der Waals surface area contributed by atoms with Gasteiger partial charge in [0.1, 0.15) is 10.7 Å². The minimum absolute atomic E-state index is 0.229. The standard InChI is InChI=1S/C19H24N4O5S/c1-5-27-18(25)14-12-7-8-23(19(26)28-6-2)10-13(12)29-17(14)21-16(24)15-11(3)9-20-22(15)4/h9H,5-8,10H2,1-4H3,(H,21,24). The summed E-state index contributed by atoms with van der Waals surface area (Å²) in [4.78, 5) is 40.0. The summed E-state index contributed by atoms with van der Waals surface area (Å²) in [7, 11) is 1.69. The van der Waals surface area contributed by atoms with Crippen molar-refractivity contribution >= 4 is 34.3 Å². The highest BCUT2D eigenvalue weighted by molar-refractivity contribution is 7.17. The zero-order valence-electron chi connectivity index (χ0n) is 16.9. The Morgan fingerprint density at radius 2 is 1.97 bits per heavy atom. The van der Waals surface area contributed by atoms with E-state index in [1.54, 1.807) is 38.9 Å². The van der Waals surface area contributed by atoms with E-state index in [0.29, 0.717) is 42.4 Å². The van der Waals surface area contributed by atoms with Crippen LogP contribution >= 0.6 is 11.3 Å². The molecule has 0 unspecified atom stereocenters. The Hall–Kier alpha value is -2.88. The van der Waals surface area contributed by atoms with Crippen molar-refractivity contribution in [3.63, 3.8) is 0 Å². The minimum atomic E-state index is -0.480. The van der Waals surface area contributed by atoms with Gasteiger partial charge in [-0.1, -0.05) is 0 Å². The van der Waals surface area contributed by atoms with Gasteiger partial charge in [0, 0.05) is 18.5 Å². The molecular formula is C19H24N4O5S. The van der Waals surface area contributed by atoms with Crippen LogP contribution in [0.3, 0.4) is 0 Å². The molecule has 0 saturated carbocycles. The molecular weight excluding hydrogens is 396 g/mol. The van der Waals surface area contributed by atoms with Crippen LogP contribution in [0.4, 0.5) is 9.80 Å². The van der Waals surface area contributed by atoms with Gasteiger partial charge in [0.05, 0.1) is 31.5 Å². The van der Waals surface area contributed by atoms with E-state index in [0.717, 1.165) is 16.0 Å². The molecule has 29 heavy (non-hydrogen) atoms. The molecule has 0 aliphatic carbocycles. The zero-order chi connectivity index (χ0) is 21.1. The smallest absolute Gasteiger partial charge is 0.410 e. The second kappa shape index (κ2) is 8.64. The molecule has 1 aliphatic heterocycles. The van der Waals surface area contributed by atoms with Crippen molar-refractivity contribution in [2.45, 2.75) is 33.7 Å². The Bertz CT molecular complexity index is 929. The van der Waals surface area contributed by atoms with Gasteiger partial charge in [-0.2, -0.15) is 5.10 Å². The highest BCUT2D eigenvalue weighted by Gasteiger charge is 2.32. The fraction of sp³-hybridized carbons (Fsp3) is 0.474. The van der Waals surface area contributed by atoms with E-state index in [1.165, 1.54) is 16.0 Å². The molecule has 0 fully saturated rings. The third-order valence-corrected chi connectivity index (χ3v) is 5.76. The molecule has 0 saturated heterocycles. The average Bonchev–Trinajstić information content (AvgIpc) is 3.20. The summed E-state index contributed by atoms with van der Waals surface area (Å²) in [5.74, 6) is -0.833. The number of amides is 2. The summed E-state index contributed by atoms with van der Waals surface area (Å²) in [5, 5.41) is 7.35. The first-order valence-electron chi connectivity index (χ1n) is 9.40. The molecule has 3 heterocycles. The normalized spacial score (nSPS) is 13.0. The van der Waals surface area contributed by atoms with E-state index in [-0.39, 0.29) is 18.6 Å². The topological polar surface area (TPSA) is 103 Å². The summed E-state index contributed by atoms with van der Waals surface area (Å²) < 4.78 is 11.8. The number of aryl methyl sites for hydroxylation is 2. The lowest BCUT2D eigenvalue weighted by molar-refractivity contribution is 0.0526. The quantitative estimate of drug-likeness (QED) is 0.746. The molecule has 0 bridgehead atoms. The number of fused-ring (bicyclic) bond motifs is 1. The van der Waals surface area contributed by atoms with Crippen LogP contribution in [-0.4, -0.2) is 52.4 Å². The number of thiophene rings is 1. The minimum Gasteiger partial charge on any atom is -0.462 e. The lowest BCUT2D eigenvalue weighted by Crippen LogP contribution is -2.36. The van der Waals surface area contributed by atoms with E-state index in [2.05, 4.69) is 10.4 Å². The maximum Gasteiger partial charge on any atom is 0.410 e. The predicted molar refractivity (Wildman–Crippen MR) is 107 cm³/mol. The molecule has 9 nitrogen and oxygen atoms in total. The third-order valence-electron chi connectivity index (χ3n) is 4.63. The van der Waals surface area contributed by atoms with E-state index < -0.39 is 5.97 Å². The van der Waals surface area contributed by atoms with Gasteiger partial charge in [0.15, 0.2) is 0 Å². The number of hydrogen-bond acceptors (Lipinski definition) is 7. The molecule has 0 radical (unpaired) electrons. The van der Waals surface area contributed by atoms with Gasteiger partial charge >= 0.3 is 12.1 Å². The highest BCUT2D eigenvalue weighted by Crippen LogP contribution is 2.38. The fourth-order valence-corrected chi connectivity index (χ4v) is 4.56. The van der Waals surface area contributed by atoms with Crippen LogP contribution in [-0.2, 0) is 29.5 Å². The molecule has 0 aromatic carbocycles.